The number of urea groups is 1. The van der Waals surface area contributed by atoms with Crippen molar-refractivity contribution in [3.63, 3.8) is 0 Å². The number of sulfonamides is 1. The minimum atomic E-state index is -3.77. The van der Waals surface area contributed by atoms with Gasteiger partial charge in [0.25, 0.3) is 5.91 Å². The third-order valence-corrected chi connectivity index (χ3v) is 6.02. The fourth-order valence-corrected chi connectivity index (χ4v) is 4.13. The van der Waals surface area contributed by atoms with Gasteiger partial charge in [0.15, 0.2) is 0 Å². The fourth-order valence-electron chi connectivity index (χ4n) is 3.62. The quantitative estimate of drug-likeness (QED) is 0.483. The third kappa shape index (κ3) is 3.76. The molecular formula is C22H20N4O4S. The molecular weight excluding hydrogens is 416 g/mol. The van der Waals surface area contributed by atoms with Crippen molar-refractivity contribution in [2.75, 3.05) is 4.90 Å². The second kappa shape index (κ2) is 7.53. The molecule has 0 atom stereocenters. The highest BCUT2D eigenvalue weighted by Gasteiger charge is 2.34. The number of hydrogen-bond acceptors (Lipinski definition) is 4. The molecule has 3 aromatic rings. The van der Waals surface area contributed by atoms with Crippen LogP contribution in [0.3, 0.4) is 0 Å². The van der Waals surface area contributed by atoms with Gasteiger partial charge in [-0.1, -0.05) is 18.2 Å². The maximum absolute atomic E-state index is 12.8. The van der Waals surface area contributed by atoms with E-state index in [1.807, 2.05) is 30.5 Å². The van der Waals surface area contributed by atoms with Crippen molar-refractivity contribution in [1.29, 1.82) is 0 Å². The third-order valence-electron chi connectivity index (χ3n) is 5.09. The molecule has 1 aliphatic heterocycles. The molecule has 4 rings (SSSR count). The number of nitrogens with zero attached hydrogens (tertiary/aromatic N) is 2. The molecule has 9 heteroatoms. The van der Waals surface area contributed by atoms with Crippen molar-refractivity contribution in [3.8, 4) is 5.69 Å². The van der Waals surface area contributed by atoms with E-state index in [9.17, 15) is 18.0 Å². The van der Waals surface area contributed by atoms with Crippen LogP contribution in [-0.2, 0) is 14.8 Å². The SMILES string of the molecule is Cc1cc(/C=C2/NC(=O)N(c3ccccc3)C2=O)c(C)n1-c1ccc(S(N)(=O)=O)cc1. The highest BCUT2D eigenvalue weighted by molar-refractivity contribution is 7.89. The predicted octanol–water partition coefficient (Wildman–Crippen LogP) is 2.84. The van der Waals surface area contributed by atoms with E-state index in [-0.39, 0.29) is 10.6 Å². The molecule has 1 aromatic heterocycles. The molecule has 0 aliphatic carbocycles. The van der Waals surface area contributed by atoms with Crippen LogP contribution in [0.15, 0.2) is 71.3 Å². The van der Waals surface area contributed by atoms with Crippen LogP contribution in [-0.4, -0.2) is 24.9 Å². The van der Waals surface area contributed by atoms with Crippen molar-refractivity contribution < 1.29 is 18.0 Å². The van der Waals surface area contributed by atoms with E-state index >= 15 is 0 Å². The number of imide groups is 1. The lowest BCUT2D eigenvalue weighted by atomic mass is 10.2. The summed E-state index contributed by atoms with van der Waals surface area (Å²) in [4.78, 5) is 26.3. The molecule has 2 aromatic carbocycles. The van der Waals surface area contributed by atoms with Gasteiger partial charge in [0.05, 0.1) is 10.6 Å². The Morgan fingerprint density at radius 2 is 1.58 bits per heavy atom. The maximum atomic E-state index is 12.8. The zero-order chi connectivity index (χ0) is 22.3. The molecule has 0 unspecified atom stereocenters. The summed E-state index contributed by atoms with van der Waals surface area (Å²) in [5.74, 6) is -0.432. The first kappa shape index (κ1) is 20.6. The Bertz CT molecular complexity index is 1320. The Hall–Kier alpha value is -3.69. The fraction of sp³-hybridized carbons (Fsp3) is 0.0909. The van der Waals surface area contributed by atoms with Crippen LogP contribution in [0.1, 0.15) is 17.0 Å². The Kier molecular flexibility index (Phi) is 5.00. The maximum Gasteiger partial charge on any atom is 0.333 e. The molecule has 2 heterocycles. The number of carbonyl (C=O) groups excluding carboxylic acids is 2. The Morgan fingerprint density at radius 3 is 2.19 bits per heavy atom. The summed E-state index contributed by atoms with van der Waals surface area (Å²) < 4.78 is 24.9. The Balaban J connectivity index is 1.69. The van der Waals surface area contributed by atoms with Gasteiger partial charge >= 0.3 is 6.03 Å². The molecule has 3 N–H and O–H groups in total. The number of nitrogens with one attached hydrogen (secondary N) is 1. The Morgan fingerprint density at radius 1 is 0.935 bits per heavy atom. The van der Waals surface area contributed by atoms with Crippen LogP contribution in [0, 0.1) is 13.8 Å². The van der Waals surface area contributed by atoms with E-state index in [1.165, 1.54) is 12.1 Å². The summed E-state index contributed by atoms with van der Waals surface area (Å²) in [5, 5.41) is 7.79. The van der Waals surface area contributed by atoms with Crippen molar-refractivity contribution in [2.45, 2.75) is 18.7 Å². The van der Waals surface area contributed by atoms with Gasteiger partial charge in [0.1, 0.15) is 5.70 Å². The number of primary sulfonamides is 1. The number of rotatable bonds is 4. The zero-order valence-corrected chi connectivity index (χ0v) is 17.7. The standard InChI is InChI=1S/C22H20N4O4S/c1-14-12-16(15(2)25(14)18-8-10-19(11-9-18)31(23,29)30)13-20-21(27)26(22(28)24-20)17-6-4-3-5-7-17/h3-13H,1-2H3,(H,24,28)(H2,23,29,30)/b20-13+. The van der Waals surface area contributed by atoms with Crippen LogP contribution in [0.25, 0.3) is 11.8 Å². The predicted molar refractivity (Wildman–Crippen MR) is 117 cm³/mol. The molecule has 0 bridgehead atoms. The van der Waals surface area contributed by atoms with Gasteiger partial charge in [-0.2, -0.15) is 0 Å². The first-order valence-corrected chi connectivity index (χ1v) is 11.0. The number of hydrogen-bond donors (Lipinski definition) is 2. The van der Waals surface area contributed by atoms with Crippen LogP contribution >= 0.6 is 0 Å². The van der Waals surface area contributed by atoms with Crippen molar-refractivity contribution in [2.24, 2.45) is 5.14 Å². The van der Waals surface area contributed by atoms with E-state index in [2.05, 4.69) is 5.32 Å². The topological polar surface area (TPSA) is 114 Å². The van der Waals surface area contributed by atoms with Gasteiger partial charge < -0.3 is 9.88 Å². The summed E-state index contributed by atoms with van der Waals surface area (Å²) in [6.45, 7) is 3.77. The lowest BCUT2D eigenvalue weighted by Gasteiger charge is -2.11. The van der Waals surface area contributed by atoms with Gasteiger partial charge in [-0.3, -0.25) is 4.79 Å². The molecule has 31 heavy (non-hydrogen) atoms. The van der Waals surface area contributed by atoms with Crippen LogP contribution in [0.5, 0.6) is 0 Å². The number of anilines is 1. The lowest BCUT2D eigenvalue weighted by molar-refractivity contribution is -0.113. The van der Waals surface area contributed by atoms with Crippen LogP contribution < -0.4 is 15.4 Å². The van der Waals surface area contributed by atoms with Crippen molar-refractivity contribution in [1.82, 2.24) is 9.88 Å². The van der Waals surface area contributed by atoms with Crippen molar-refractivity contribution in [3.05, 3.63) is 83.3 Å². The monoisotopic (exact) mass is 436 g/mol. The molecule has 8 nitrogen and oxygen atoms in total. The number of amides is 3. The molecule has 3 amide bonds. The van der Waals surface area contributed by atoms with Gasteiger partial charge in [0.2, 0.25) is 10.0 Å². The first-order chi connectivity index (χ1) is 14.7. The highest BCUT2D eigenvalue weighted by atomic mass is 32.2. The highest BCUT2D eigenvalue weighted by Crippen LogP contribution is 2.26. The average molecular weight is 436 g/mol. The van der Waals surface area contributed by atoms with Gasteiger partial charge in [-0.15, -0.1) is 0 Å². The van der Waals surface area contributed by atoms with E-state index in [0.717, 1.165) is 27.5 Å². The molecule has 1 fully saturated rings. The zero-order valence-electron chi connectivity index (χ0n) is 16.9. The Labute approximate surface area is 179 Å². The van der Waals surface area contributed by atoms with Crippen molar-refractivity contribution >= 4 is 33.7 Å². The number of benzene rings is 2. The van der Waals surface area contributed by atoms with E-state index in [4.69, 9.17) is 5.14 Å². The van der Waals surface area contributed by atoms with Gasteiger partial charge in [-0.05, 0) is 68.0 Å². The summed E-state index contributed by atoms with van der Waals surface area (Å²) in [6, 6.07) is 16.3. The van der Waals surface area contributed by atoms with E-state index in [1.54, 1.807) is 42.5 Å². The summed E-state index contributed by atoms with van der Waals surface area (Å²) in [6.07, 6.45) is 1.64. The van der Waals surface area contributed by atoms with Gasteiger partial charge in [0, 0.05) is 17.1 Å². The van der Waals surface area contributed by atoms with Gasteiger partial charge in [-0.25, -0.2) is 23.3 Å². The minimum absolute atomic E-state index is 0.0290. The van der Waals surface area contributed by atoms with Crippen LogP contribution in [0.4, 0.5) is 10.5 Å². The summed E-state index contributed by atoms with van der Waals surface area (Å²) >= 11 is 0. The molecule has 1 aliphatic rings. The normalized spacial score (nSPS) is 15.6. The molecule has 0 radical (unpaired) electrons. The minimum Gasteiger partial charge on any atom is -0.318 e. The summed E-state index contributed by atoms with van der Waals surface area (Å²) in [5.41, 5.74) is 3.89. The number of carbonyl (C=O) groups is 2. The van der Waals surface area contributed by atoms with E-state index < -0.39 is 22.0 Å². The number of nitrogens with two attached hydrogens (primary N) is 1. The van der Waals surface area contributed by atoms with Crippen LogP contribution in [0.2, 0.25) is 0 Å². The summed E-state index contributed by atoms with van der Waals surface area (Å²) in [7, 11) is -3.77. The smallest absolute Gasteiger partial charge is 0.318 e. The molecule has 0 spiro atoms. The number of aromatic nitrogens is 1. The lowest BCUT2D eigenvalue weighted by Crippen LogP contribution is -2.30. The molecule has 0 saturated carbocycles. The van der Waals surface area contributed by atoms with E-state index in [0.29, 0.717) is 5.69 Å². The average Bonchev–Trinajstić information content (AvgIpc) is 3.16. The second-order valence-electron chi connectivity index (χ2n) is 7.17. The number of aryl methyl sites for hydroxylation is 1. The first-order valence-electron chi connectivity index (χ1n) is 9.41. The molecule has 158 valence electrons. The second-order valence-corrected chi connectivity index (χ2v) is 8.73. The molecule has 1 saturated heterocycles. The number of para-hydroxylation sites is 1. The largest absolute Gasteiger partial charge is 0.333 e.